The van der Waals surface area contributed by atoms with Gasteiger partial charge in [-0.2, -0.15) is 0 Å². The van der Waals surface area contributed by atoms with Crippen molar-refractivity contribution in [3.8, 4) is 0 Å². The lowest BCUT2D eigenvalue weighted by molar-refractivity contribution is 0.0989. The molecule has 0 radical (unpaired) electrons. The zero-order valence-electron chi connectivity index (χ0n) is 8.25. The normalized spacial score (nSPS) is 9.93. The highest BCUT2D eigenvalue weighted by Gasteiger charge is 2.14. The summed E-state index contributed by atoms with van der Waals surface area (Å²) in [7, 11) is 1.75. The van der Waals surface area contributed by atoms with E-state index >= 15 is 0 Å². The van der Waals surface area contributed by atoms with E-state index in [9.17, 15) is 4.79 Å². The lowest BCUT2D eigenvalue weighted by atomic mass is 10.3. The first kappa shape index (κ1) is 9.86. The van der Waals surface area contributed by atoms with Crippen LogP contribution in [0.5, 0.6) is 0 Å². The molecule has 15 heavy (non-hydrogen) atoms. The molecule has 0 saturated heterocycles. The largest absolute Gasteiger partial charge is 0.310 e. The average molecular weight is 218 g/mol. The van der Waals surface area contributed by atoms with Gasteiger partial charge in [-0.05, 0) is 12.1 Å². The van der Waals surface area contributed by atoms with E-state index in [1.807, 2.05) is 30.3 Å². The van der Waals surface area contributed by atoms with E-state index in [0.717, 1.165) is 5.69 Å². The fraction of sp³-hybridized carbons (Fsp3) is 0.0909. The molecule has 0 N–H and O–H groups in total. The molecular formula is C11H10N2OS. The van der Waals surface area contributed by atoms with Gasteiger partial charge in [0.2, 0.25) is 0 Å². The average Bonchev–Trinajstić information content (AvgIpc) is 2.82. The van der Waals surface area contributed by atoms with Crippen molar-refractivity contribution in [1.29, 1.82) is 0 Å². The van der Waals surface area contributed by atoms with Crippen LogP contribution in [0.2, 0.25) is 0 Å². The molecule has 1 amide bonds. The van der Waals surface area contributed by atoms with Gasteiger partial charge < -0.3 is 4.90 Å². The highest BCUT2D eigenvalue weighted by atomic mass is 32.1. The smallest absolute Gasteiger partial charge is 0.277 e. The lowest BCUT2D eigenvalue weighted by Crippen LogP contribution is -2.26. The van der Waals surface area contributed by atoms with Crippen LogP contribution in [0.15, 0.2) is 41.2 Å². The van der Waals surface area contributed by atoms with Crippen molar-refractivity contribution in [1.82, 2.24) is 4.98 Å². The molecule has 0 fully saturated rings. The fourth-order valence-electron chi connectivity index (χ4n) is 1.26. The lowest BCUT2D eigenvalue weighted by Gasteiger charge is -2.15. The molecule has 1 aromatic carbocycles. The van der Waals surface area contributed by atoms with E-state index in [-0.39, 0.29) is 5.91 Å². The molecule has 0 aliphatic carbocycles. The summed E-state index contributed by atoms with van der Waals surface area (Å²) in [6, 6.07) is 9.51. The van der Waals surface area contributed by atoms with Crippen LogP contribution in [0, 0.1) is 0 Å². The SMILES string of the molecule is CN(C(=O)c1cscn1)c1ccccc1. The van der Waals surface area contributed by atoms with E-state index in [4.69, 9.17) is 0 Å². The number of para-hydroxylation sites is 1. The first-order valence-electron chi connectivity index (χ1n) is 4.50. The van der Waals surface area contributed by atoms with Crippen LogP contribution in [-0.2, 0) is 0 Å². The van der Waals surface area contributed by atoms with Gasteiger partial charge in [0, 0.05) is 18.1 Å². The van der Waals surface area contributed by atoms with E-state index in [1.54, 1.807) is 22.8 Å². The van der Waals surface area contributed by atoms with Crippen LogP contribution in [0.3, 0.4) is 0 Å². The molecule has 0 aliphatic heterocycles. The first-order chi connectivity index (χ1) is 7.29. The number of carbonyl (C=O) groups excluding carboxylic acids is 1. The third-order valence-electron chi connectivity index (χ3n) is 2.10. The van der Waals surface area contributed by atoms with Crippen molar-refractivity contribution >= 4 is 22.9 Å². The zero-order chi connectivity index (χ0) is 10.7. The van der Waals surface area contributed by atoms with Gasteiger partial charge in [-0.1, -0.05) is 18.2 Å². The third-order valence-corrected chi connectivity index (χ3v) is 2.69. The quantitative estimate of drug-likeness (QED) is 0.775. The monoisotopic (exact) mass is 218 g/mol. The molecule has 0 unspecified atom stereocenters. The van der Waals surface area contributed by atoms with Crippen LogP contribution in [-0.4, -0.2) is 17.9 Å². The number of carbonyl (C=O) groups is 1. The Bertz CT molecular complexity index is 439. The van der Waals surface area contributed by atoms with Gasteiger partial charge in [0.25, 0.3) is 5.91 Å². The molecule has 3 nitrogen and oxygen atoms in total. The minimum absolute atomic E-state index is 0.0811. The Morgan fingerprint density at radius 2 is 2.07 bits per heavy atom. The second-order valence-electron chi connectivity index (χ2n) is 3.07. The minimum Gasteiger partial charge on any atom is -0.310 e. The molecule has 0 spiro atoms. The molecule has 0 atom stereocenters. The van der Waals surface area contributed by atoms with Gasteiger partial charge in [0.15, 0.2) is 0 Å². The third kappa shape index (κ3) is 2.05. The summed E-state index contributed by atoms with van der Waals surface area (Å²) in [5.41, 5.74) is 3.02. The van der Waals surface area contributed by atoms with Crippen molar-refractivity contribution in [2.75, 3.05) is 11.9 Å². The van der Waals surface area contributed by atoms with Crippen LogP contribution in [0.1, 0.15) is 10.5 Å². The molecule has 0 aliphatic rings. The van der Waals surface area contributed by atoms with Crippen LogP contribution in [0.4, 0.5) is 5.69 Å². The Labute approximate surface area is 92.0 Å². The van der Waals surface area contributed by atoms with Crippen LogP contribution < -0.4 is 4.90 Å². The first-order valence-corrected chi connectivity index (χ1v) is 5.44. The molecule has 0 saturated carbocycles. The maximum Gasteiger partial charge on any atom is 0.277 e. The molecule has 0 bridgehead atoms. The maximum atomic E-state index is 11.9. The molecule has 2 aromatic rings. The molecular weight excluding hydrogens is 208 g/mol. The predicted octanol–water partition coefficient (Wildman–Crippen LogP) is 2.42. The van der Waals surface area contributed by atoms with Crippen molar-refractivity contribution < 1.29 is 4.79 Å². The number of nitrogens with zero attached hydrogens (tertiary/aromatic N) is 2. The number of hydrogen-bond donors (Lipinski definition) is 0. The number of thiazole rings is 1. The molecule has 2 rings (SSSR count). The van der Waals surface area contributed by atoms with Crippen molar-refractivity contribution in [3.05, 3.63) is 46.9 Å². The van der Waals surface area contributed by atoms with Crippen molar-refractivity contribution in [3.63, 3.8) is 0 Å². The number of hydrogen-bond acceptors (Lipinski definition) is 3. The Kier molecular flexibility index (Phi) is 2.78. The Morgan fingerprint density at radius 3 is 2.67 bits per heavy atom. The second kappa shape index (κ2) is 4.23. The van der Waals surface area contributed by atoms with E-state index < -0.39 is 0 Å². The van der Waals surface area contributed by atoms with Gasteiger partial charge in [0.05, 0.1) is 5.51 Å². The summed E-state index contributed by atoms with van der Waals surface area (Å²) in [6.45, 7) is 0. The fourth-order valence-corrected chi connectivity index (χ4v) is 1.78. The summed E-state index contributed by atoms with van der Waals surface area (Å²) < 4.78 is 0. The van der Waals surface area contributed by atoms with Gasteiger partial charge in [-0.25, -0.2) is 4.98 Å². The van der Waals surface area contributed by atoms with Gasteiger partial charge >= 0.3 is 0 Å². The molecule has 1 heterocycles. The molecule has 76 valence electrons. The Morgan fingerprint density at radius 1 is 1.33 bits per heavy atom. The minimum atomic E-state index is -0.0811. The topological polar surface area (TPSA) is 33.2 Å². The highest BCUT2D eigenvalue weighted by Crippen LogP contribution is 2.14. The zero-order valence-corrected chi connectivity index (χ0v) is 9.07. The van der Waals surface area contributed by atoms with Crippen LogP contribution >= 0.6 is 11.3 Å². The van der Waals surface area contributed by atoms with E-state index in [0.29, 0.717) is 5.69 Å². The number of aromatic nitrogens is 1. The van der Waals surface area contributed by atoms with Crippen molar-refractivity contribution in [2.24, 2.45) is 0 Å². The summed E-state index contributed by atoms with van der Waals surface area (Å²) in [4.78, 5) is 17.5. The maximum absolute atomic E-state index is 11.9. The molecule has 1 aromatic heterocycles. The Hall–Kier alpha value is -1.68. The van der Waals surface area contributed by atoms with Gasteiger partial charge in [-0.3, -0.25) is 4.79 Å². The summed E-state index contributed by atoms with van der Waals surface area (Å²) in [6.07, 6.45) is 0. The molecule has 4 heteroatoms. The number of rotatable bonds is 2. The summed E-state index contributed by atoms with van der Waals surface area (Å²) in [5, 5.41) is 1.75. The highest BCUT2D eigenvalue weighted by molar-refractivity contribution is 7.07. The standard InChI is InChI=1S/C11H10N2OS/c1-13(9-5-3-2-4-6-9)11(14)10-7-15-8-12-10/h2-8H,1H3. The predicted molar refractivity (Wildman–Crippen MR) is 61.3 cm³/mol. The summed E-state index contributed by atoms with van der Waals surface area (Å²) in [5.74, 6) is -0.0811. The van der Waals surface area contributed by atoms with E-state index in [2.05, 4.69) is 4.98 Å². The number of anilines is 1. The van der Waals surface area contributed by atoms with Gasteiger partial charge in [0.1, 0.15) is 5.69 Å². The summed E-state index contributed by atoms with van der Waals surface area (Å²) >= 11 is 1.42. The Balaban J connectivity index is 2.23. The number of benzene rings is 1. The van der Waals surface area contributed by atoms with Gasteiger partial charge in [-0.15, -0.1) is 11.3 Å². The van der Waals surface area contributed by atoms with E-state index in [1.165, 1.54) is 11.3 Å². The second-order valence-corrected chi connectivity index (χ2v) is 3.79. The van der Waals surface area contributed by atoms with Crippen molar-refractivity contribution in [2.45, 2.75) is 0 Å². The van der Waals surface area contributed by atoms with Crippen LogP contribution in [0.25, 0.3) is 0 Å². The number of amides is 1.